The summed E-state index contributed by atoms with van der Waals surface area (Å²) in [7, 11) is 1.60. The highest BCUT2D eigenvalue weighted by molar-refractivity contribution is 7.14. The third kappa shape index (κ3) is 3.33. The van der Waals surface area contributed by atoms with E-state index in [0.29, 0.717) is 5.13 Å². The molecule has 1 saturated carbocycles. The molecule has 1 aromatic heterocycles. The summed E-state index contributed by atoms with van der Waals surface area (Å²) in [5.74, 6) is 0.106. The highest BCUT2D eigenvalue weighted by Crippen LogP contribution is 2.42. The number of benzene rings is 1. The van der Waals surface area contributed by atoms with E-state index in [9.17, 15) is 14.4 Å². The van der Waals surface area contributed by atoms with Crippen LogP contribution >= 0.6 is 11.3 Å². The maximum Gasteiger partial charge on any atom is 0.325 e. The first-order valence-electron chi connectivity index (χ1n) is 8.94. The minimum atomic E-state index is -0.889. The number of hydrogen-bond acceptors (Lipinski definition) is 6. The number of methoxy groups -OCH3 is 1. The molecule has 1 aromatic carbocycles. The molecule has 2 fully saturated rings. The monoisotopic (exact) mass is 400 g/mol. The van der Waals surface area contributed by atoms with Crippen LogP contribution in [-0.2, 0) is 9.59 Å². The van der Waals surface area contributed by atoms with E-state index < -0.39 is 17.5 Å². The fourth-order valence-corrected chi connectivity index (χ4v) is 4.06. The SMILES string of the molecule is COc1ccc(-c2csc(NC(=O)CN3C(=O)NC(C)(C4CC4)C3=O)n2)cc1. The lowest BCUT2D eigenvalue weighted by Crippen LogP contribution is -2.46. The molecule has 1 unspecified atom stereocenters. The van der Waals surface area contributed by atoms with Gasteiger partial charge in [0.1, 0.15) is 17.8 Å². The molecule has 9 heteroatoms. The Labute approximate surface area is 165 Å². The van der Waals surface area contributed by atoms with E-state index >= 15 is 0 Å². The van der Waals surface area contributed by atoms with E-state index in [2.05, 4.69) is 15.6 Å². The van der Waals surface area contributed by atoms with Gasteiger partial charge in [0.2, 0.25) is 5.91 Å². The second-order valence-corrected chi connectivity index (χ2v) is 7.97. The van der Waals surface area contributed by atoms with Gasteiger partial charge in [-0.2, -0.15) is 0 Å². The van der Waals surface area contributed by atoms with Crippen LogP contribution in [0.15, 0.2) is 29.6 Å². The number of nitrogens with zero attached hydrogens (tertiary/aromatic N) is 2. The minimum absolute atomic E-state index is 0.156. The summed E-state index contributed by atoms with van der Waals surface area (Å²) in [6, 6.07) is 6.91. The van der Waals surface area contributed by atoms with Crippen LogP contribution in [-0.4, -0.2) is 46.9 Å². The minimum Gasteiger partial charge on any atom is -0.497 e. The van der Waals surface area contributed by atoms with Gasteiger partial charge in [0.05, 0.1) is 12.8 Å². The van der Waals surface area contributed by atoms with Crippen LogP contribution in [0.4, 0.5) is 9.93 Å². The Hall–Kier alpha value is -2.94. The Balaban J connectivity index is 1.39. The van der Waals surface area contributed by atoms with E-state index in [1.165, 1.54) is 11.3 Å². The lowest BCUT2D eigenvalue weighted by molar-refractivity contribution is -0.134. The maximum atomic E-state index is 12.6. The van der Waals surface area contributed by atoms with Gasteiger partial charge in [0.15, 0.2) is 5.13 Å². The van der Waals surface area contributed by atoms with Crippen molar-refractivity contribution >= 4 is 34.3 Å². The summed E-state index contributed by atoms with van der Waals surface area (Å²) in [6.07, 6.45) is 1.83. The summed E-state index contributed by atoms with van der Waals surface area (Å²) < 4.78 is 5.14. The number of carbonyl (C=O) groups is 3. The largest absolute Gasteiger partial charge is 0.497 e. The molecule has 2 N–H and O–H groups in total. The van der Waals surface area contributed by atoms with E-state index in [4.69, 9.17) is 4.74 Å². The standard InChI is InChI=1S/C19H20N4O4S/c1-19(12-5-6-12)16(25)23(18(26)22-19)9-15(24)21-17-20-14(10-28-17)11-3-7-13(27-2)8-4-11/h3-4,7-8,10,12H,5-6,9H2,1-2H3,(H,22,26)(H,20,21,24). The number of carbonyl (C=O) groups excluding carboxylic acids is 3. The molecule has 4 amide bonds. The van der Waals surface area contributed by atoms with Crippen LogP contribution in [0.3, 0.4) is 0 Å². The van der Waals surface area contributed by atoms with Crippen molar-refractivity contribution < 1.29 is 19.1 Å². The summed E-state index contributed by atoms with van der Waals surface area (Å²) >= 11 is 1.28. The molecule has 28 heavy (non-hydrogen) atoms. The fourth-order valence-electron chi connectivity index (χ4n) is 3.32. The van der Waals surface area contributed by atoms with Crippen molar-refractivity contribution in [2.45, 2.75) is 25.3 Å². The molecule has 0 spiro atoms. The van der Waals surface area contributed by atoms with Crippen molar-refractivity contribution in [3.05, 3.63) is 29.6 Å². The molecule has 0 bridgehead atoms. The van der Waals surface area contributed by atoms with Crippen molar-refractivity contribution in [1.29, 1.82) is 0 Å². The average molecular weight is 400 g/mol. The van der Waals surface area contributed by atoms with Gasteiger partial charge in [-0.05, 0) is 49.9 Å². The lowest BCUT2D eigenvalue weighted by atomic mass is 9.96. The Morgan fingerprint density at radius 2 is 2.07 bits per heavy atom. The molecule has 0 radical (unpaired) electrons. The van der Waals surface area contributed by atoms with E-state index in [1.54, 1.807) is 14.0 Å². The summed E-state index contributed by atoms with van der Waals surface area (Å²) in [4.78, 5) is 42.5. The first kappa shape index (κ1) is 18.4. The zero-order valence-electron chi connectivity index (χ0n) is 15.5. The smallest absolute Gasteiger partial charge is 0.325 e. The van der Waals surface area contributed by atoms with Crippen LogP contribution in [0, 0.1) is 5.92 Å². The second kappa shape index (κ2) is 6.90. The number of ether oxygens (including phenoxy) is 1. The highest BCUT2D eigenvalue weighted by atomic mass is 32.1. The molecule has 1 aliphatic heterocycles. The van der Waals surface area contributed by atoms with Crippen molar-refractivity contribution in [3.63, 3.8) is 0 Å². The van der Waals surface area contributed by atoms with Crippen LogP contribution < -0.4 is 15.4 Å². The maximum absolute atomic E-state index is 12.6. The predicted octanol–water partition coefficient (Wildman–Crippen LogP) is 2.48. The summed E-state index contributed by atoms with van der Waals surface area (Å²) in [5.41, 5.74) is 0.728. The topological polar surface area (TPSA) is 101 Å². The third-order valence-corrected chi connectivity index (χ3v) is 5.89. The van der Waals surface area contributed by atoms with Crippen LogP contribution in [0.5, 0.6) is 5.75 Å². The van der Waals surface area contributed by atoms with Gasteiger partial charge in [0.25, 0.3) is 5.91 Å². The fraction of sp³-hybridized carbons (Fsp3) is 0.368. The molecule has 1 atom stereocenters. The van der Waals surface area contributed by atoms with E-state index in [1.807, 2.05) is 29.6 Å². The number of urea groups is 1. The number of anilines is 1. The van der Waals surface area contributed by atoms with Gasteiger partial charge < -0.3 is 15.4 Å². The quantitative estimate of drug-likeness (QED) is 0.726. The van der Waals surface area contributed by atoms with Crippen LogP contribution in [0.1, 0.15) is 19.8 Å². The Morgan fingerprint density at radius 1 is 1.36 bits per heavy atom. The number of imide groups is 1. The van der Waals surface area contributed by atoms with Crippen LogP contribution in [0.2, 0.25) is 0 Å². The zero-order valence-corrected chi connectivity index (χ0v) is 16.3. The normalized spacial score (nSPS) is 21.6. The molecule has 1 aliphatic carbocycles. The van der Waals surface area contributed by atoms with Crippen molar-refractivity contribution in [3.8, 4) is 17.0 Å². The first-order valence-corrected chi connectivity index (χ1v) is 9.82. The molecule has 146 valence electrons. The van der Waals surface area contributed by atoms with Crippen LogP contribution in [0.25, 0.3) is 11.3 Å². The highest BCUT2D eigenvalue weighted by Gasteiger charge is 2.56. The van der Waals surface area contributed by atoms with Gasteiger partial charge in [-0.1, -0.05) is 0 Å². The third-order valence-electron chi connectivity index (χ3n) is 5.13. The zero-order chi connectivity index (χ0) is 19.9. The summed E-state index contributed by atoms with van der Waals surface area (Å²) in [6.45, 7) is 1.40. The van der Waals surface area contributed by atoms with E-state index in [0.717, 1.165) is 34.7 Å². The van der Waals surface area contributed by atoms with Gasteiger partial charge in [-0.25, -0.2) is 9.78 Å². The Kier molecular flexibility index (Phi) is 4.54. The lowest BCUT2D eigenvalue weighted by Gasteiger charge is -2.20. The van der Waals surface area contributed by atoms with Gasteiger partial charge in [-0.3, -0.25) is 14.5 Å². The number of hydrogen-bond donors (Lipinski definition) is 2. The van der Waals surface area contributed by atoms with Gasteiger partial charge >= 0.3 is 6.03 Å². The first-order chi connectivity index (χ1) is 13.4. The molecule has 8 nitrogen and oxygen atoms in total. The molecule has 2 heterocycles. The van der Waals surface area contributed by atoms with E-state index in [-0.39, 0.29) is 18.4 Å². The molecule has 2 aromatic rings. The molecule has 2 aliphatic rings. The van der Waals surface area contributed by atoms with Crippen molar-refractivity contribution in [2.75, 3.05) is 19.0 Å². The molecule has 4 rings (SSSR count). The predicted molar refractivity (Wildman–Crippen MR) is 104 cm³/mol. The summed E-state index contributed by atoms with van der Waals surface area (Å²) in [5, 5.41) is 7.63. The number of aromatic nitrogens is 1. The van der Waals surface area contributed by atoms with Crippen molar-refractivity contribution in [1.82, 2.24) is 15.2 Å². The number of nitrogens with one attached hydrogen (secondary N) is 2. The molecular formula is C19H20N4O4S. The van der Waals surface area contributed by atoms with Crippen molar-refractivity contribution in [2.24, 2.45) is 5.92 Å². The number of amides is 4. The average Bonchev–Trinajstić information content (AvgIpc) is 3.41. The number of rotatable bonds is 6. The Morgan fingerprint density at radius 3 is 2.71 bits per heavy atom. The van der Waals surface area contributed by atoms with Gasteiger partial charge in [0, 0.05) is 10.9 Å². The Bertz CT molecular complexity index is 938. The molecular weight excluding hydrogens is 380 g/mol. The second-order valence-electron chi connectivity index (χ2n) is 7.11. The molecule has 1 saturated heterocycles. The number of thiazole rings is 1. The van der Waals surface area contributed by atoms with Gasteiger partial charge in [-0.15, -0.1) is 11.3 Å².